The number of rotatable bonds is 9. The molecule has 168 valence electrons. The Hall–Kier alpha value is -5.44. The van der Waals surface area contributed by atoms with Crippen molar-refractivity contribution in [2.45, 2.75) is 11.3 Å². The Morgan fingerprint density at radius 1 is 0.486 bits per heavy atom. The minimum atomic E-state index is -2.20. The van der Waals surface area contributed by atoms with E-state index < -0.39 is 11.3 Å². The maximum atomic E-state index is 11.6. The van der Waals surface area contributed by atoms with E-state index in [-0.39, 0.29) is 27.9 Å². The molecule has 0 unspecified atom stereocenters. The van der Waals surface area contributed by atoms with Crippen LogP contribution in [0, 0.1) is 0 Å². The van der Waals surface area contributed by atoms with E-state index in [2.05, 4.69) is 25.0 Å². The molecule has 0 amide bonds. The second kappa shape index (κ2) is 10.9. The van der Waals surface area contributed by atoms with E-state index in [1.54, 1.807) is 36.4 Å². The summed E-state index contributed by atoms with van der Waals surface area (Å²) in [6.45, 7) is 0. The van der Waals surface area contributed by atoms with E-state index in [4.69, 9.17) is 0 Å². The van der Waals surface area contributed by atoms with Crippen molar-refractivity contribution >= 4 is 36.1 Å². The summed E-state index contributed by atoms with van der Waals surface area (Å²) in [7, 11) is 0. The molecule has 0 aliphatic rings. The molecular weight excluding hydrogens is 450 g/mol. The molecule has 10 nitrogen and oxygen atoms in total. The summed E-state index contributed by atoms with van der Waals surface area (Å²) in [5.41, 5.74) is -4.33. The summed E-state index contributed by atoms with van der Waals surface area (Å²) in [6, 6.07) is 20.0. The van der Waals surface area contributed by atoms with Crippen molar-refractivity contribution in [1.29, 1.82) is 0 Å². The van der Waals surface area contributed by atoms with Gasteiger partial charge in [0.1, 0.15) is 0 Å². The first-order chi connectivity index (χ1) is 17.1. The van der Waals surface area contributed by atoms with Gasteiger partial charge in [-0.15, -0.1) is 0 Å². The molecule has 0 bridgehead atoms. The van der Waals surface area contributed by atoms with Gasteiger partial charge in [-0.3, -0.25) is 0 Å². The highest BCUT2D eigenvalue weighted by molar-refractivity contribution is 5.67. The first kappa shape index (κ1) is 24.2. The quantitative estimate of drug-likeness (QED) is 0.352. The Morgan fingerprint density at radius 3 is 1.40 bits per heavy atom. The number of hydrogen-bond donors (Lipinski definition) is 0. The number of benzene rings is 3. The van der Waals surface area contributed by atoms with Gasteiger partial charge in [0, 0.05) is 22.3 Å². The number of carbonyl (C=O) groups excluding carboxylic acids is 5. The third-order valence-electron chi connectivity index (χ3n) is 5.12. The molecule has 0 fully saturated rings. The average molecular weight is 463 g/mol. The SMILES string of the molecule is O=C=Nc1cccc(C(N=C=O)(N=C=O)c2ccccc2)c1C(N=C=O)(N=C=O)c1ccccc1. The van der Waals surface area contributed by atoms with Gasteiger partial charge in [0.25, 0.3) is 0 Å². The normalized spacial score (nSPS) is 13.0. The molecular formula is C25H13N5O5. The summed E-state index contributed by atoms with van der Waals surface area (Å²) in [4.78, 5) is 76.7. The Morgan fingerprint density at radius 2 is 0.943 bits per heavy atom. The van der Waals surface area contributed by atoms with Crippen LogP contribution in [0.5, 0.6) is 0 Å². The summed E-state index contributed by atoms with van der Waals surface area (Å²) in [6.07, 6.45) is 6.98. The van der Waals surface area contributed by atoms with Crippen LogP contribution in [0.25, 0.3) is 0 Å². The fraction of sp³-hybridized carbons (Fsp3) is 0.0800. The molecule has 0 saturated carbocycles. The van der Waals surface area contributed by atoms with E-state index >= 15 is 0 Å². The number of hydrogen-bond acceptors (Lipinski definition) is 10. The molecule has 3 aromatic carbocycles. The predicted molar refractivity (Wildman–Crippen MR) is 121 cm³/mol. The van der Waals surface area contributed by atoms with Crippen molar-refractivity contribution in [3.05, 3.63) is 101 Å². The van der Waals surface area contributed by atoms with Crippen LogP contribution >= 0.6 is 0 Å². The van der Waals surface area contributed by atoms with Crippen LogP contribution < -0.4 is 0 Å². The van der Waals surface area contributed by atoms with E-state index in [9.17, 15) is 24.0 Å². The Bertz CT molecular complexity index is 1440. The van der Waals surface area contributed by atoms with Gasteiger partial charge in [-0.2, -0.15) is 25.0 Å². The molecule has 10 heteroatoms. The molecule has 0 heterocycles. The van der Waals surface area contributed by atoms with Gasteiger partial charge in [-0.05, 0) is 6.07 Å². The molecule has 3 rings (SSSR count). The standard InChI is InChI=1S/C25H13N5O5/c31-14-26-22-13-7-12-21(24(27-15-32,28-16-33)19-8-3-1-4-9-19)23(22)25(29-17-34,30-18-35)20-10-5-2-6-11-20/h1-13H. The summed E-state index contributed by atoms with van der Waals surface area (Å²) in [5.74, 6) is 0. The number of isocyanates is 5. The Labute approximate surface area is 197 Å². The third-order valence-corrected chi connectivity index (χ3v) is 5.12. The lowest BCUT2D eigenvalue weighted by atomic mass is 9.80. The molecule has 0 radical (unpaired) electrons. The molecule has 0 N–H and O–H groups in total. The molecule has 0 aromatic heterocycles. The van der Waals surface area contributed by atoms with Crippen LogP contribution in [-0.2, 0) is 35.3 Å². The van der Waals surface area contributed by atoms with Crippen molar-refractivity contribution in [2.24, 2.45) is 25.0 Å². The van der Waals surface area contributed by atoms with Gasteiger partial charge in [-0.25, -0.2) is 24.0 Å². The van der Waals surface area contributed by atoms with Crippen molar-refractivity contribution in [3.63, 3.8) is 0 Å². The first-order valence-corrected chi connectivity index (χ1v) is 9.82. The summed E-state index contributed by atoms with van der Waals surface area (Å²) >= 11 is 0. The zero-order valence-electron chi connectivity index (χ0n) is 17.8. The maximum Gasteiger partial charge on any atom is 0.240 e. The second-order valence-electron chi connectivity index (χ2n) is 6.79. The van der Waals surface area contributed by atoms with E-state index in [1.807, 2.05) is 0 Å². The molecule has 35 heavy (non-hydrogen) atoms. The van der Waals surface area contributed by atoms with Gasteiger partial charge in [0.2, 0.25) is 41.7 Å². The third kappa shape index (κ3) is 4.41. The van der Waals surface area contributed by atoms with Gasteiger partial charge < -0.3 is 0 Å². The molecule has 3 aromatic rings. The molecule has 0 aliphatic carbocycles. The minimum absolute atomic E-state index is 0.0752. The highest BCUT2D eigenvalue weighted by Crippen LogP contribution is 2.48. The monoisotopic (exact) mass is 463 g/mol. The molecule has 0 saturated heterocycles. The lowest BCUT2D eigenvalue weighted by molar-refractivity contribution is 0.486. The topological polar surface area (TPSA) is 147 Å². The summed E-state index contributed by atoms with van der Waals surface area (Å²) in [5, 5.41) is 0. The second-order valence-corrected chi connectivity index (χ2v) is 6.79. The fourth-order valence-electron chi connectivity index (χ4n) is 3.78. The van der Waals surface area contributed by atoms with Gasteiger partial charge in [-0.1, -0.05) is 72.8 Å². The van der Waals surface area contributed by atoms with E-state index in [1.165, 1.54) is 72.9 Å². The van der Waals surface area contributed by atoms with Crippen molar-refractivity contribution in [3.8, 4) is 0 Å². The lowest BCUT2D eigenvalue weighted by Gasteiger charge is -2.32. The fourth-order valence-corrected chi connectivity index (χ4v) is 3.78. The zero-order chi connectivity index (χ0) is 25.2. The van der Waals surface area contributed by atoms with E-state index in [0.29, 0.717) is 0 Å². The average Bonchev–Trinajstić information content (AvgIpc) is 2.89. The van der Waals surface area contributed by atoms with Crippen molar-refractivity contribution < 1.29 is 24.0 Å². The van der Waals surface area contributed by atoms with Crippen LogP contribution in [0.2, 0.25) is 0 Å². The summed E-state index contributed by atoms with van der Waals surface area (Å²) < 4.78 is 0. The van der Waals surface area contributed by atoms with Crippen LogP contribution in [0.3, 0.4) is 0 Å². The van der Waals surface area contributed by atoms with E-state index in [0.717, 1.165) is 0 Å². The maximum absolute atomic E-state index is 11.6. The van der Waals surface area contributed by atoms with Gasteiger partial charge in [0.05, 0.1) is 5.69 Å². The van der Waals surface area contributed by atoms with Crippen LogP contribution in [0.15, 0.2) is 104 Å². The van der Waals surface area contributed by atoms with Crippen LogP contribution in [0.1, 0.15) is 22.3 Å². The zero-order valence-corrected chi connectivity index (χ0v) is 17.8. The highest BCUT2D eigenvalue weighted by Gasteiger charge is 2.46. The van der Waals surface area contributed by atoms with Crippen LogP contribution in [-0.4, -0.2) is 30.4 Å². The minimum Gasteiger partial charge on any atom is -0.211 e. The predicted octanol–water partition coefficient (Wildman–Crippen LogP) is 3.40. The van der Waals surface area contributed by atoms with Crippen LogP contribution in [0.4, 0.5) is 5.69 Å². The Kier molecular flexibility index (Phi) is 7.56. The molecule has 0 spiro atoms. The van der Waals surface area contributed by atoms with Gasteiger partial charge in [0.15, 0.2) is 0 Å². The largest absolute Gasteiger partial charge is 0.240 e. The Balaban J connectivity index is 2.68. The molecule has 0 atom stereocenters. The molecule has 0 aliphatic heterocycles. The first-order valence-electron chi connectivity index (χ1n) is 9.82. The lowest BCUT2D eigenvalue weighted by Crippen LogP contribution is -2.31. The number of aliphatic imine (C=N–C) groups is 5. The van der Waals surface area contributed by atoms with Crippen molar-refractivity contribution in [2.75, 3.05) is 0 Å². The smallest absolute Gasteiger partial charge is 0.211 e. The van der Waals surface area contributed by atoms with Crippen molar-refractivity contribution in [1.82, 2.24) is 0 Å². The highest BCUT2D eigenvalue weighted by atomic mass is 16.1. The van der Waals surface area contributed by atoms with Gasteiger partial charge >= 0.3 is 0 Å². The number of nitrogens with zero attached hydrogens (tertiary/aromatic N) is 5.